The van der Waals surface area contributed by atoms with E-state index in [0.29, 0.717) is 11.0 Å². The highest BCUT2D eigenvalue weighted by molar-refractivity contribution is 7.80. The van der Waals surface area contributed by atoms with Gasteiger partial charge >= 0.3 is 0 Å². The lowest BCUT2D eigenvalue weighted by Gasteiger charge is -2.11. The van der Waals surface area contributed by atoms with E-state index in [1.165, 1.54) is 0 Å². The van der Waals surface area contributed by atoms with Gasteiger partial charge in [-0.05, 0) is 18.6 Å². The summed E-state index contributed by atoms with van der Waals surface area (Å²) in [6, 6.07) is 4.01. The molecule has 1 atom stereocenters. The number of hydrogen-bond donors (Lipinski definition) is 2. The first-order chi connectivity index (χ1) is 7.25. The molecule has 0 aliphatic carbocycles. The van der Waals surface area contributed by atoms with Crippen molar-refractivity contribution in [3.8, 4) is 0 Å². The molecule has 1 aromatic heterocycles. The second-order valence-electron chi connectivity index (χ2n) is 3.50. The molecule has 2 rings (SSSR count). The molecule has 0 amide bonds. The molecule has 3 N–H and O–H groups in total. The smallest absolute Gasteiger partial charge is 0.126 e. The molecule has 1 saturated heterocycles. The summed E-state index contributed by atoms with van der Waals surface area (Å²) < 4.78 is 5.27. The Labute approximate surface area is 93.8 Å². The van der Waals surface area contributed by atoms with Gasteiger partial charge in [0, 0.05) is 18.4 Å². The minimum atomic E-state index is 0.346. The highest BCUT2D eigenvalue weighted by Gasteiger charge is 2.15. The largest absolute Gasteiger partial charge is 0.389 e. The molecule has 0 saturated carbocycles. The van der Waals surface area contributed by atoms with Crippen LogP contribution < -0.4 is 11.1 Å². The Bertz CT molecular complexity index is 363. The van der Waals surface area contributed by atoms with Crippen LogP contribution in [0, 0.1) is 0 Å². The molecule has 1 aliphatic rings. The quantitative estimate of drug-likeness (QED) is 0.746. The Morgan fingerprint density at radius 2 is 2.53 bits per heavy atom. The van der Waals surface area contributed by atoms with E-state index in [0.717, 1.165) is 31.0 Å². The molecule has 80 valence electrons. The lowest BCUT2D eigenvalue weighted by atomic mass is 10.2. The zero-order chi connectivity index (χ0) is 10.7. The van der Waals surface area contributed by atoms with E-state index in [1.807, 2.05) is 6.07 Å². The Hall–Kier alpha value is -1.20. The molecular formula is C10H13N3OS. The number of nitrogens with zero attached hydrogens (tertiary/aromatic N) is 1. The fraction of sp³-hybridized carbons (Fsp3) is 0.400. The van der Waals surface area contributed by atoms with E-state index in [1.54, 1.807) is 12.3 Å². The van der Waals surface area contributed by atoms with Gasteiger partial charge < -0.3 is 15.8 Å². The van der Waals surface area contributed by atoms with Gasteiger partial charge in [0.15, 0.2) is 0 Å². The van der Waals surface area contributed by atoms with Crippen molar-refractivity contribution in [2.24, 2.45) is 5.73 Å². The number of thiocarbonyl (C=S) groups is 1. The fourth-order valence-corrected chi connectivity index (χ4v) is 1.65. The number of aromatic nitrogens is 1. The third-order valence-electron chi connectivity index (χ3n) is 2.33. The van der Waals surface area contributed by atoms with Crippen molar-refractivity contribution in [2.75, 3.05) is 18.5 Å². The predicted octanol–water partition coefficient (Wildman–Crippen LogP) is 0.917. The van der Waals surface area contributed by atoms with Crippen LogP contribution in [0.1, 0.15) is 12.0 Å². The van der Waals surface area contributed by atoms with Gasteiger partial charge in [0.1, 0.15) is 10.8 Å². The van der Waals surface area contributed by atoms with Gasteiger partial charge in [-0.15, -0.1) is 0 Å². The average molecular weight is 223 g/mol. The first-order valence-electron chi connectivity index (χ1n) is 4.86. The Kier molecular flexibility index (Phi) is 3.13. The Morgan fingerprint density at radius 1 is 1.67 bits per heavy atom. The van der Waals surface area contributed by atoms with Gasteiger partial charge in [-0.2, -0.15) is 0 Å². The van der Waals surface area contributed by atoms with E-state index in [9.17, 15) is 0 Å². The third kappa shape index (κ3) is 2.64. The normalized spacial score (nSPS) is 20.1. The summed E-state index contributed by atoms with van der Waals surface area (Å²) in [5, 5.41) is 3.28. The summed E-state index contributed by atoms with van der Waals surface area (Å²) >= 11 is 4.90. The number of nitrogens with one attached hydrogen (secondary N) is 1. The van der Waals surface area contributed by atoms with Crippen LogP contribution in [-0.4, -0.2) is 29.2 Å². The van der Waals surface area contributed by atoms with Gasteiger partial charge in [-0.1, -0.05) is 12.2 Å². The van der Waals surface area contributed by atoms with Crippen LogP contribution >= 0.6 is 12.2 Å². The molecule has 0 bridgehead atoms. The summed E-state index contributed by atoms with van der Waals surface area (Å²) in [5.74, 6) is 0.802. The van der Waals surface area contributed by atoms with E-state index >= 15 is 0 Å². The molecule has 1 unspecified atom stereocenters. The van der Waals surface area contributed by atoms with Crippen molar-refractivity contribution in [2.45, 2.75) is 12.5 Å². The fourth-order valence-electron chi connectivity index (χ4n) is 1.52. The van der Waals surface area contributed by atoms with Gasteiger partial charge in [0.25, 0.3) is 0 Å². The Morgan fingerprint density at radius 3 is 3.20 bits per heavy atom. The maximum absolute atomic E-state index is 5.54. The molecule has 1 aromatic rings. The van der Waals surface area contributed by atoms with Gasteiger partial charge in [0.2, 0.25) is 0 Å². The maximum atomic E-state index is 5.54. The van der Waals surface area contributed by atoms with E-state index in [2.05, 4.69) is 10.3 Å². The van der Waals surface area contributed by atoms with E-state index in [-0.39, 0.29) is 0 Å². The van der Waals surface area contributed by atoms with Gasteiger partial charge in [-0.25, -0.2) is 4.98 Å². The van der Waals surface area contributed by atoms with Crippen molar-refractivity contribution in [3.05, 3.63) is 23.9 Å². The predicted molar refractivity (Wildman–Crippen MR) is 63.0 cm³/mol. The van der Waals surface area contributed by atoms with E-state index in [4.69, 9.17) is 22.7 Å². The minimum absolute atomic E-state index is 0.346. The molecule has 0 aromatic carbocycles. The van der Waals surface area contributed by atoms with Crippen LogP contribution in [0.5, 0.6) is 0 Å². The topological polar surface area (TPSA) is 60.2 Å². The zero-order valence-electron chi connectivity index (χ0n) is 8.27. The second kappa shape index (κ2) is 4.55. The molecule has 0 spiro atoms. The monoisotopic (exact) mass is 223 g/mol. The number of hydrogen-bond acceptors (Lipinski definition) is 4. The van der Waals surface area contributed by atoms with Crippen molar-refractivity contribution < 1.29 is 4.74 Å². The number of nitrogens with two attached hydrogens (primary N) is 1. The summed E-state index contributed by atoms with van der Waals surface area (Å²) in [6.45, 7) is 1.55. The summed E-state index contributed by atoms with van der Waals surface area (Å²) in [6.07, 6.45) is 2.71. The highest BCUT2D eigenvalue weighted by Crippen LogP contribution is 2.12. The zero-order valence-corrected chi connectivity index (χ0v) is 9.09. The van der Waals surface area contributed by atoms with Crippen LogP contribution in [0.25, 0.3) is 0 Å². The second-order valence-corrected chi connectivity index (χ2v) is 3.94. The molecular weight excluding hydrogens is 210 g/mol. The molecule has 15 heavy (non-hydrogen) atoms. The van der Waals surface area contributed by atoms with Gasteiger partial charge in [-0.3, -0.25) is 0 Å². The number of ether oxygens (including phenoxy) is 1. The average Bonchev–Trinajstić information content (AvgIpc) is 2.71. The minimum Gasteiger partial charge on any atom is -0.389 e. The lowest BCUT2D eigenvalue weighted by molar-refractivity contribution is 0.195. The molecule has 0 radical (unpaired) electrons. The van der Waals surface area contributed by atoms with Crippen molar-refractivity contribution in [1.82, 2.24) is 4.98 Å². The van der Waals surface area contributed by atoms with Crippen LogP contribution in [0.3, 0.4) is 0 Å². The molecule has 1 aliphatic heterocycles. The molecule has 5 heteroatoms. The SMILES string of the molecule is NC(=S)c1ccnc(NC2CCOC2)c1. The Balaban J connectivity index is 2.07. The summed E-state index contributed by atoms with van der Waals surface area (Å²) in [4.78, 5) is 4.60. The maximum Gasteiger partial charge on any atom is 0.126 e. The summed E-state index contributed by atoms with van der Waals surface area (Å²) in [7, 11) is 0. The van der Waals surface area contributed by atoms with E-state index < -0.39 is 0 Å². The molecule has 1 fully saturated rings. The number of pyridine rings is 1. The van der Waals surface area contributed by atoms with Crippen molar-refractivity contribution >= 4 is 23.0 Å². The lowest BCUT2D eigenvalue weighted by Crippen LogP contribution is -2.20. The third-order valence-corrected chi connectivity index (χ3v) is 2.56. The van der Waals surface area contributed by atoms with Crippen LogP contribution in [0.4, 0.5) is 5.82 Å². The van der Waals surface area contributed by atoms with Crippen LogP contribution in [0.15, 0.2) is 18.3 Å². The standard InChI is InChI=1S/C10H13N3OS/c11-10(15)7-1-3-12-9(5-7)13-8-2-4-14-6-8/h1,3,5,8H,2,4,6H2,(H2,11,15)(H,12,13). The van der Waals surface area contributed by atoms with Crippen LogP contribution in [-0.2, 0) is 4.74 Å². The number of anilines is 1. The number of rotatable bonds is 3. The van der Waals surface area contributed by atoms with Crippen molar-refractivity contribution in [3.63, 3.8) is 0 Å². The van der Waals surface area contributed by atoms with Gasteiger partial charge in [0.05, 0.1) is 12.6 Å². The summed E-state index contributed by atoms with van der Waals surface area (Å²) in [5.41, 5.74) is 6.38. The first-order valence-corrected chi connectivity index (χ1v) is 5.26. The van der Waals surface area contributed by atoms with Crippen LogP contribution in [0.2, 0.25) is 0 Å². The molecule has 2 heterocycles. The van der Waals surface area contributed by atoms with Crippen molar-refractivity contribution in [1.29, 1.82) is 0 Å². The highest BCUT2D eigenvalue weighted by atomic mass is 32.1. The first kappa shape index (κ1) is 10.3. The molecule has 4 nitrogen and oxygen atoms in total.